The van der Waals surface area contributed by atoms with Gasteiger partial charge in [0, 0.05) is 24.0 Å². The quantitative estimate of drug-likeness (QED) is 0.487. The standard InChI is InChI=1S/C24H22N4O2/c1-30-22-13-7-19(8-14-22)23-15-16-28(27-23)21-11-9-20(10-12-21)26-24(29)25-17-18-5-3-2-4-6-18/h2-16H,17H2,1H3,(H2,25,26,29). The highest BCUT2D eigenvalue weighted by Crippen LogP contribution is 2.22. The molecule has 6 nitrogen and oxygen atoms in total. The van der Waals surface area contributed by atoms with E-state index in [2.05, 4.69) is 15.7 Å². The molecule has 4 rings (SSSR count). The molecule has 0 atom stereocenters. The Hall–Kier alpha value is -4.06. The van der Waals surface area contributed by atoms with Crippen molar-refractivity contribution >= 4 is 11.7 Å². The Balaban J connectivity index is 1.37. The predicted octanol–water partition coefficient (Wildman–Crippen LogP) is 4.87. The molecule has 150 valence electrons. The molecule has 3 aromatic carbocycles. The van der Waals surface area contributed by atoms with Crippen LogP contribution in [0.1, 0.15) is 5.56 Å². The molecule has 0 radical (unpaired) electrons. The number of aromatic nitrogens is 2. The van der Waals surface area contributed by atoms with Gasteiger partial charge in [0.05, 0.1) is 18.5 Å². The number of rotatable bonds is 6. The Bertz CT molecular complexity index is 1100. The van der Waals surface area contributed by atoms with Crippen molar-refractivity contribution in [3.05, 3.63) is 96.7 Å². The first kappa shape index (κ1) is 19.3. The topological polar surface area (TPSA) is 68.2 Å². The lowest BCUT2D eigenvalue weighted by Crippen LogP contribution is -2.28. The van der Waals surface area contributed by atoms with Crippen LogP contribution in [0.2, 0.25) is 0 Å². The molecule has 0 aliphatic heterocycles. The molecule has 1 heterocycles. The van der Waals surface area contributed by atoms with E-state index in [1.54, 1.807) is 11.8 Å². The second-order valence-corrected chi connectivity index (χ2v) is 6.71. The van der Waals surface area contributed by atoms with E-state index in [0.29, 0.717) is 12.2 Å². The summed E-state index contributed by atoms with van der Waals surface area (Å²) < 4.78 is 7.00. The van der Waals surface area contributed by atoms with Crippen LogP contribution in [-0.4, -0.2) is 22.9 Å². The number of carbonyl (C=O) groups is 1. The zero-order chi connectivity index (χ0) is 20.8. The number of methoxy groups -OCH3 is 1. The minimum atomic E-state index is -0.243. The molecule has 30 heavy (non-hydrogen) atoms. The molecule has 2 N–H and O–H groups in total. The van der Waals surface area contributed by atoms with Crippen LogP contribution in [0.5, 0.6) is 5.75 Å². The summed E-state index contributed by atoms with van der Waals surface area (Å²) in [7, 11) is 1.65. The lowest BCUT2D eigenvalue weighted by molar-refractivity contribution is 0.251. The van der Waals surface area contributed by atoms with E-state index >= 15 is 0 Å². The summed E-state index contributed by atoms with van der Waals surface area (Å²) in [6.07, 6.45) is 1.91. The highest BCUT2D eigenvalue weighted by Gasteiger charge is 2.06. The summed E-state index contributed by atoms with van der Waals surface area (Å²) in [6, 6.07) is 26.8. The predicted molar refractivity (Wildman–Crippen MR) is 118 cm³/mol. The average Bonchev–Trinajstić information content (AvgIpc) is 3.29. The van der Waals surface area contributed by atoms with E-state index in [0.717, 1.165) is 28.3 Å². The number of urea groups is 1. The van der Waals surface area contributed by atoms with Gasteiger partial charge in [-0.05, 0) is 60.2 Å². The Kier molecular flexibility index (Phi) is 5.75. The number of ether oxygens (including phenoxy) is 1. The first-order chi connectivity index (χ1) is 14.7. The molecule has 0 aliphatic carbocycles. The number of benzene rings is 3. The lowest BCUT2D eigenvalue weighted by Gasteiger charge is -2.09. The minimum absolute atomic E-state index is 0.243. The fourth-order valence-electron chi connectivity index (χ4n) is 3.03. The molecule has 0 spiro atoms. The van der Waals surface area contributed by atoms with Crippen LogP contribution in [0, 0.1) is 0 Å². The first-order valence-electron chi connectivity index (χ1n) is 9.60. The molecular weight excluding hydrogens is 376 g/mol. The van der Waals surface area contributed by atoms with Gasteiger partial charge in [0.25, 0.3) is 0 Å². The van der Waals surface area contributed by atoms with Gasteiger partial charge in [-0.3, -0.25) is 0 Å². The van der Waals surface area contributed by atoms with Gasteiger partial charge in [0.2, 0.25) is 0 Å². The number of hydrogen-bond donors (Lipinski definition) is 2. The highest BCUT2D eigenvalue weighted by atomic mass is 16.5. The van der Waals surface area contributed by atoms with Crippen molar-refractivity contribution in [2.24, 2.45) is 0 Å². The van der Waals surface area contributed by atoms with E-state index in [-0.39, 0.29) is 6.03 Å². The SMILES string of the molecule is COc1ccc(-c2ccn(-c3ccc(NC(=O)NCc4ccccc4)cc3)n2)cc1. The molecule has 0 fully saturated rings. The molecule has 2 amide bonds. The zero-order valence-corrected chi connectivity index (χ0v) is 16.6. The van der Waals surface area contributed by atoms with Crippen LogP contribution in [0.15, 0.2) is 91.1 Å². The van der Waals surface area contributed by atoms with Crippen molar-refractivity contribution in [2.45, 2.75) is 6.54 Å². The molecule has 0 unspecified atom stereocenters. The maximum Gasteiger partial charge on any atom is 0.319 e. The number of amides is 2. The molecule has 0 aliphatic rings. The van der Waals surface area contributed by atoms with Gasteiger partial charge in [0.1, 0.15) is 5.75 Å². The summed E-state index contributed by atoms with van der Waals surface area (Å²) >= 11 is 0. The van der Waals surface area contributed by atoms with Crippen molar-refractivity contribution in [2.75, 3.05) is 12.4 Å². The molecule has 0 bridgehead atoms. The van der Waals surface area contributed by atoms with Gasteiger partial charge < -0.3 is 15.4 Å². The van der Waals surface area contributed by atoms with E-state index in [1.165, 1.54) is 0 Å². The third-order valence-corrected chi connectivity index (χ3v) is 4.66. The maximum atomic E-state index is 12.1. The summed E-state index contributed by atoms with van der Waals surface area (Å²) in [5.41, 5.74) is 4.56. The number of carbonyl (C=O) groups excluding carboxylic acids is 1. The first-order valence-corrected chi connectivity index (χ1v) is 9.60. The molecule has 6 heteroatoms. The van der Waals surface area contributed by atoms with Crippen molar-refractivity contribution in [3.8, 4) is 22.7 Å². The molecular formula is C24H22N4O2. The average molecular weight is 398 g/mol. The van der Waals surface area contributed by atoms with Gasteiger partial charge in [-0.15, -0.1) is 0 Å². The molecule has 4 aromatic rings. The van der Waals surface area contributed by atoms with Crippen LogP contribution in [0.3, 0.4) is 0 Å². The maximum absolute atomic E-state index is 12.1. The lowest BCUT2D eigenvalue weighted by atomic mass is 10.1. The van der Waals surface area contributed by atoms with Gasteiger partial charge in [-0.25, -0.2) is 9.48 Å². The second kappa shape index (κ2) is 8.96. The van der Waals surface area contributed by atoms with Gasteiger partial charge in [0.15, 0.2) is 0 Å². The van der Waals surface area contributed by atoms with Gasteiger partial charge in [-0.1, -0.05) is 30.3 Å². The fourth-order valence-corrected chi connectivity index (χ4v) is 3.03. The van der Waals surface area contributed by atoms with E-state index in [9.17, 15) is 4.79 Å². The summed E-state index contributed by atoms with van der Waals surface area (Å²) in [6.45, 7) is 0.478. The Labute approximate surface area is 175 Å². The second-order valence-electron chi connectivity index (χ2n) is 6.71. The normalized spacial score (nSPS) is 10.4. The smallest absolute Gasteiger partial charge is 0.319 e. The van der Waals surface area contributed by atoms with E-state index in [4.69, 9.17) is 4.74 Å². The molecule has 0 saturated carbocycles. The summed E-state index contributed by atoms with van der Waals surface area (Å²) in [4.78, 5) is 12.1. The monoisotopic (exact) mass is 398 g/mol. The number of hydrogen-bond acceptors (Lipinski definition) is 3. The number of anilines is 1. The minimum Gasteiger partial charge on any atom is -0.497 e. The van der Waals surface area contributed by atoms with Crippen LogP contribution in [0.25, 0.3) is 16.9 Å². The highest BCUT2D eigenvalue weighted by molar-refractivity contribution is 5.89. The van der Waals surface area contributed by atoms with Gasteiger partial charge >= 0.3 is 6.03 Å². The molecule has 0 saturated heterocycles. The van der Waals surface area contributed by atoms with Crippen molar-refractivity contribution in [1.29, 1.82) is 0 Å². The molecule has 1 aromatic heterocycles. The number of nitrogens with one attached hydrogen (secondary N) is 2. The largest absolute Gasteiger partial charge is 0.497 e. The van der Waals surface area contributed by atoms with E-state index in [1.807, 2.05) is 91.1 Å². The van der Waals surface area contributed by atoms with Crippen LogP contribution in [-0.2, 0) is 6.54 Å². The van der Waals surface area contributed by atoms with E-state index < -0.39 is 0 Å². The Morgan fingerprint density at radius 1 is 0.933 bits per heavy atom. The van der Waals surface area contributed by atoms with Crippen molar-refractivity contribution < 1.29 is 9.53 Å². The van der Waals surface area contributed by atoms with Crippen LogP contribution >= 0.6 is 0 Å². The van der Waals surface area contributed by atoms with Crippen LogP contribution < -0.4 is 15.4 Å². The Morgan fingerprint density at radius 3 is 2.37 bits per heavy atom. The van der Waals surface area contributed by atoms with Crippen molar-refractivity contribution in [1.82, 2.24) is 15.1 Å². The van der Waals surface area contributed by atoms with Crippen molar-refractivity contribution in [3.63, 3.8) is 0 Å². The zero-order valence-electron chi connectivity index (χ0n) is 16.6. The summed E-state index contributed by atoms with van der Waals surface area (Å²) in [5.74, 6) is 0.814. The third-order valence-electron chi connectivity index (χ3n) is 4.66. The number of nitrogens with zero attached hydrogens (tertiary/aromatic N) is 2. The van der Waals surface area contributed by atoms with Crippen LogP contribution in [0.4, 0.5) is 10.5 Å². The third kappa shape index (κ3) is 4.67. The Morgan fingerprint density at radius 2 is 1.67 bits per heavy atom. The fraction of sp³-hybridized carbons (Fsp3) is 0.0833. The van der Waals surface area contributed by atoms with Gasteiger partial charge in [-0.2, -0.15) is 5.10 Å². The summed E-state index contributed by atoms with van der Waals surface area (Å²) in [5, 5.41) is 10.3.